The Labute approximate surface area is 114 Å². The summed E-state index contributed by atoms with van der Waals surface area (Å²) in [6.45, 7) is 0. The van der Waals surface area contributed by atoms with Crippen LogP contribution in [0.1, 0.15) is 0 Å². The standard InChI is InChI=1S/3BF4.Pr/c3*2-1(3,4)5;/q3*-1;+3. The van der Waals surface area contributed by atoms with Crippen LogP contribution in [0.25, 0.3) is 0 Å². The molecule has 0 aliphatic heterocycles. The molecule has 0 amide bonds. The number of hydrogen-bond donors (Lipinski definition) is 0. The summed E-state index contributed by atoms with van der Waals surface area (Å²) in [7, 11) is -18.0. The Morgan fingerprint density at radius 2 is 0.312 bits per heavy atom. The molecule has 0 aliphatic carbocycles. The predicted molar refractivity (Wildman–Crippen MR) is 30.6 cm³/mol. The van der Waals surface area contributed by atoms with Crippen LogP contribution in [0.2, 0.25) is 0 Å². The van der Waals surface area contributed by atoms with Crippen LogP contribution in [-0.4, -0.2) is 21.8 Å². The van der Waals surface area contributed by atoms with Gasteiger partial charge >= 0.3 is 63.1 Å². The number of halogens is 12. The average molecular weight is 401 g/mol. The molecule has 0 saturated carbocycles. The minimum Gasteiger partial charge on any atom is -0.418 e. The van der Waals surface area contributed by atoms with E-state index in [1.807, 2.05) is 0 Å². The maximum Gasteiger partial charge on any atom is 3.00 e. The van der Waals surface area contributed by atoms with E-state index in [4.69, 9.17) is 0 Å². The predicted octanol–water partition coefficient (Wildman–Crippen LogP) is 3.90. The molecule has 0 radical (unpaired) electrons. The van der Waals surface area contributed by atoms with Crippen LogP contribution in [0.3, 0.4) is 0 Å². The molecule has 0 spiro atoms. The maximum atomic E-state index is 9.75. The van der Waals surface area contributed by atoms with Gasteiger partial charge in [0, 0.05) is 0 Å². The smallest absolute Gasteiger partial charge is 0.418 e. The number of hydrogen-bond acceptors (Lipinski definition) is 0. The molecule has 0 atom stereocenters. The number of rotatable bonds is 0. The van der Waals surface area contributed by atoms with E-state index in [1.54, 1.807) is 0 Å². The fraction of sp³-hybridized carbons (Fsp3) is 0. The normalized spacial score (nSPS) is 11.2. The first-order chi connectivity index (χ1) is 6.00. The van der Waals surface area contributed by atoms with E-state index >= 15 is 0 Å². The minimum atomic E-state index is -6.00. The van der Waals surface area contributed by atoms with Gasteiger partial charge in [-0.1, -0.05) is 0 Å². The molecule has 96 valence electrons. The van der Waals surface area contributed by atoms with Gasteiger partial charge in [0.05, 0.1) is 0 Å². The molecule has 0 heterocycles. The van der Waals surface area contributed by atoms with E-state index < -0.39 is 21.8 Å². The van der Waals surface area contributed by atoms with Gasteiger partial charge in [0.1, 0.15) is 0 Å². The first-order valence-electron chi connectivity index (χ1n) is 2.62. The summed E-state index contributed by atoms with van der Waals surface area (Å²) < 4.78 is 117. The average Bonchev–Trinajstić information content (AvgIpc) is 1.41. The second-order valence-corrected chi connectivity index (χ2v) is 1.48. The third-order valence-corrected chi connectivity index (χ3v) is 0. The minimum absolute atomic E-state index is 0. The van der Waals surface area contributed by atoms with Crippen molar-refractivity contribution < 1.29 is 93.1 Å². The first kappa shape index (κ1) is 25.5. The monoisotopic (exact) mass is 402 g/mol. The van der Waals surface area contributed by atoms with Gasteiger partial charge in [-0.05, 0) is 0 Å². The van der Waals surface area contributed by atoms with E-state index in [0.717, 1.165) is 0 Å². The molecule has 0 aromatic heterocycles. The van der Waals surface area contributed by atoms with Crippen LogP contribution in [0.15, 0.2) is 0 Å². The van der Waals surface area contributed by atoms with Crippen LogP contribution in [0.4, 0.5) is 51.8 Å². The summed E-state index contributed by atoms with van der Waals surface area (Å²) in [5, 5.41) is 0. The van der Waals surface area contributed by atoms with Gasteiger partial charge in [0.25, 0.3) is 0 Å². The van der Waals surface area contributed by atoms with Gasteiger partial charge in [-0.3, -0.25) is 0 Å². The van der Waals surface area contributed by atoms with Crippen molar-refractivity contribution in [3.63, 3.8) is 0 Å². The van der Waals surface area contributed by atoms with E-state index in [0.29, 0.717) is 0 Å². The third-order valence-electron chi connectivity index (χ3n) is 0. The van der Waals surface area contributed by atoms with Crippen molar-refractivity contribution >= 4 is 21.8 Å². The fourth-order valence-electron chi connectivity index (χ4n) is 0. The zero-order valence-corrected chi connectivity index (χ0v) is 10.5. The first-order valence-corrected chi connectivity index (χ1v) is 2.62. The Hall–Kier alpha value is 0.718. The van der Waals surface area contributed by atoms with Crippen molar-refractivity contribution in [1.29, 1.82) is 0 Å². The Morgan fingerprint density at radius 1 is 0.312 bits per heavy atom. The van der Waals surface area contributed by atoms with Gasteiger partial charge in [-0.25, -0.2) is 0 Å². The zero-order chi connectivity index (χ0) is 13.5. The van der Waals surface area contributed by atoms with Gasteiger partial charge in [-0.2, -0.15) is 0 Å². The van der Waals surface area contributed by atoms with Crippen LogP contribution >= 0.6 is 0 Å². The van der Waals surface area contributed by atoms with Crippen molar-refractivity contribution in [3.8, 4) is 0 Å². The Bertz CT molecular complexity index is 91.3. The van der Waals surface area contributed by atoms with E-state index in [2.05, 4.69) is 0 Å². The van der Waals surface area contributed by atoms with Gasteiger partial charge in [0.2, 0.25) is 0 Å². The molecule has 16 heavy (non-hydrogen) atoms. The Morgan fingerprint density at radius 3 is 0.312 bits per heavy atom. The molecule has 0 saturated heterocycles. The summed E-state index contributed by atoms with van der Waals surface area (Å²) in [6, 6.07) is 0. The Balaban J connectivity index is -0.0000000655. The SMILES string of the molecule is F[B-](F)(F)F.F[B-](F)(F)F.F[B-](F)(F)F.[Pr+3]. The maximum absolute atomic E-state index is 9.75. The largest absolute Gasteiger partial charge is 3.00 e. The summed E-state index contributed by atoms with van der Waals surface area (Å²) in [5.74, 6) is 0. The van der Waals surface area contributed by atoms with Gasteiger partial charge < -0.3 is 51.8 Å². The zero-order valence-electron chi connectivity index (χ0n) is 6.84. The molecule has 0 fully saturated rings. The molecule has 0 bridgehead atoms. The molecular weight excluding hydrogens is 401 g/mol. The summed E-state index contributed by atoms with van der Waals surface area (Å²) in [6.07, 6.45) is 0. The van der Waals surface area contributed by atoms with Crippen molar-refractivity contribution in [2.24, 2.45) is 0 Å². The van der Waals surface area contributed by atoms with Crippen molar-refractivity contribution in [2.75, 3.05) is 0 Å². The van der Waals surface area contributed by atoms with Crippen LogP contribution in [-0.2, 0) is 0 Å². The van der Waals surface area contributed by atoms with E-state index in [-0.39, 0.29) is 41.3 Å². The van der Waals surface area contributed by atoms with Crippen LogP contribution < -0.4 is 0 Å². The van der Waals surface area contributed by atoms with Crippen molar-refractivity contribution in [1.82, 2.24) is 0 Å². The molecule has 0 nitrogen and oxygen atoms in total. The van der Waals surface area contributed by atoms with Crippen LogP contribution in [0, 0.1) is 41.3 Å². The van der Waals surface area contributed by atoms with Gasteiger partial charge in [0.15, 0.2) is 0 Å². The molecule has 0 unspecified atom stereocenters. The van der Waals surface area contributed by atoms with E-state index in [9.17, 15) is 51.8 Å². The topological polar surface area (TPSA) is 0 Å². The van der Waals surface area contributed by atoms with E-state index in [1.165, 1.54) is 0 Å². The molecule has 0 aromatic rings. The summed E-state index contributed by atoms with van der Waals surface area (Å²) >= 11 is 0. The Kier molecular flexibility index (Phi) is 15.5. The second-order valence-electron chi connectivity index (χ2n) is 1.48. The summed E-state index contributed by atoms with van der Waals surface area (Å²) in [5.41, 5.74) is 0. The molecule has 16 heteroatoms. The molecule has 0 aromatic carbocycles. The van der Waals surface area contributed by atoms with Crippen molar-refractivity contribution in [3.05, 3.63) is 0 Å². The van der Waals surface area contributed by atoms with Crippen molar-refractivity contribution in [2.45, 2.75) is 0 Å². The third kappa shape index (κ3) is 5370. The molecule has 0 rings (SSSR count). The summed E-state index contributed by atoms with van der Waals surface area (Å²) in [4.78, 5) is 0. The molecule has 0 N–H and O–H groups in total. The fourth-order valence-corrected chi connectivity index (χ4v) is 0. The molecular formula is B3F12Pr. The molecule has 0 aliphatic rings. The van der Waals surface area contributed by atoms with Gasteiger partial charge in [-0.15, -0.1) is 0 Å². The quantitative estimate of drug-likeness (QED) is 0.427. The van der Waals surface area contributed by atoms with Crippen LogP contribution in [0.5, 0.6) is 0 Å². The second kappa shape index (κ2) is 9.72.